The molecule has 0 atom stereocenters. The molecule has 8 heteroatoms. The van der Waals surface area contributed by atoms with Crippen LogP contribution in [0, 0.1) is 5.92 Å². The maximum atomic E-state index is 12.5. The van der Waals surface area contributed by atoms with Crippen molar-refractivity contribution in [3.05, 3.63) is 29.8 Å². The number of esters is 1. The number of benzene rings is 1. The molecular weight excluding hydrogens is 412 g/mol. The Hall–Kier alpha value is -2.77. The van der Waals surface area contributed by atoms with Crippen LogP contribution in [0.15, 0.2) is 24.3 Å². The highest BCUT2D eigenvalue weighted by atomic mass is 16.6. The molecule has 1 aliphatic carbocycles. The molecule has 8 nitrogen and oxygen atoms in total. The van der Waals surface area contributed by atoms with E-state index in [0.717, 1.165) is 32.1 Å². The first kappa shape index (κ1) is 25.5. The Morgan fingerprint density at radius 2 is 1.69 bits per heavy atom. The Balaban J connectivity index is 1.67. The molecular formula is C24H36N2O6. The Bertz CT molecular complexity index is 749. The van der Waals surface area contributed by atoms with Crippen molar-refractivity contribution in [1.29, 1.82) is 0 Å². The lowest BCUT2D eigenvalue weighted by molar-refractivity contribution is -0.141. The van der Waals surface area contributed by atoms with E-state index in [0.29, 0.717) is 36.8 Å². The molecule has 0 aliphatic heterocycles. The van der Waals surface area contributed by atoms with Gasteiger partial charge in [-0.1, -0.05) is 0 Å². The van der Waals surface area contributed by atoms with Gasteiger partial charge >= 0.3 is 12.1 Å². The maximum absolute atomic E-state index is 12.5. The largest absolute Gasteiger partial charge is 0.492 e. The van der Waals surface area contributed by atoms with Crippen molar-refractivity contribution >= 4 is 18.0 Å². The number of carbonyl (C=O) groups is 3. The summed E-state index contributed by atoms with van der Waals surface area (Å²) in [4.78, 5) is 35.4. The van der Waals surface area contributed by atoms with E-state index in [4.69, 9.17) is 14.2 Å². The SMILES string of the molecule is COC(=O)CCC1CCC(NC(=O)c2ccc(OCCNC(=O)OC(C)(C)C)cc2)CC1. The van der Waals surface area contributed by atoms with Gasteiger partial charge in [0.2, 0.25) is 0 Å². The number of nitrogens with one attached hydrogen (secondary N) is 2. The Kier molecular flexibility index (Phi) is 9.81. The third-order valence-electron chi connectivity index (χ3n) is 5.32. The molecule has 1 aromatic carbocycles. The van der Waals surface area contributed by atoms with Gasteiger partial charge in [-0.3, -0.25) is 9.59 Å². The fourth-order valence-electron chi connectivity index (χ4n) is 3.63. The van der Waals surface area contributed by atoms with Gasteiger partial charge in [0, 0.05) is 18.0 Å². The van der Waals surface area contributed by atoms with Gasteiger partial charge in [0.15, 0.2) is 0 Å². The zero-order valence-electron chi connectivity index (χ0n) is 19.6. The molecule has 0 spiro atoms. The van der Waals surface area contributed by atoms with Crippen LogP contribution in [0.3, 0.4) is 0 Å². The van der Waals surface area contributed by atoms with E-state index in [2.05, 4.69) is 10.6 Å². The van der Waals surface area contributed by atoms with E-state index in [1.54, 1.807) is 45.0 Å². The van der Waals surface area contributed by atoms with Crippen LogP contribution in [0.1, 0.15) is 69.7 Å². The number of methoxy groups -OCH3 is 1. The standard InChI is InChI=1S/C24H36N2O6/c1-24(2,3)32-23(29)25-15-16-31-20-12-8-18(9-13-20)22(28)26-19-10-5-17(6-11-19)7-14-21(27)30-4/h8-9,12-13,17,19H,5-7,10-11,14-16H2,1-4H3,(H,25,29)(H,26,28). The van der Waals surface area contributed by atoms with E-state index >= 15 is 0 Å². The Morgan fingerprint density at radius 3 is 2.28 bits per heavy atom. The van der Waals surface area contributed by atoms with Gasteiger partial charge in [0.1, 0.15) is 18.0 Å². The fourth-order valence-corrected chi connectivity index (χ4v) is 3.63. The lowest BCUT2D eigenvalue weighted by atomic mass is 9.83. The molecule has 32 heavy (non-hydrogen) atoms. The highest BCUT2D eigenvalue weighted by molar-refractivity contribution is 5.94. The average Bonchev–Trinajstić information content (AvgIpc) is 2.75. The Morgan fingerprint density at radius 1 is 1.03 bits per heavy atom. The van der Waals surface area contributed by atoms with Crippen LogP contribution in [-0.4, -0.2) is 49.9 Å². The summed E-state index contributed by atoms with van der Waals surface area (Å²) in [6.45, 7) is 6.03. The summed E-state index contributed by atoms with van der Waals surface area (Å²) in [6, 6.07) is 7.10. The molecule has 1 aromatic rings. The van der Waals surface area contributed by atoms with Crippen molar-refractivity contribution in [2.75, 3.05) is 20.3 Å². The van der Waals surface area contributed by atoms with Crippen LogP contribution in [-0.2, 0) is 14.3 Å². The number of carbonyl (C=O) groups excluding carboxylic acids is 3. The van der Waals surface area contributed by atoms with E-state index in [1.807, 2.05) is 0 Å². The lowest BCUT2D eigenvalue weighted by Gasteiger charge is -2.29. The quantitative estimate of drug-likeness (QED) is 0.440. The molecule has 1 saturated carbocycles. The zero-order chi connectivity index (χ0) is 23.6. The van der Waals surface area contributed by atoms with Crippen LogP contribution < -0.4 is 15.4 Å². The molecule has 0 heterocycles. The zero-order valence-corrected chi connectivity index (χ0v) is 19.6. The van der Waals surface area contributed by atoms with Crippen LogP contribution >= 0.6 is 0 Å². The number of hydrogen-bond donors (Lipinski definition) is 2. The number of amides is 2. The summed E-state index contributed by atoms with van der Waals surface area (Å²) in [7, 11) is 1.41. The molecule has 2 rings (SSSR count). The first-order valence-corrected chi connectivity index (χ1v) is 11.2. The Labute approximate surface area is 190 Å². The van der Waals surface area contributed by atoms with Gasteiger partial charge < -0.3 is 24.8 Å². The van der Waals surface area contributed by atoms with Gasteiger partial charge in [0.05, 0.1) is 13.7 Å². The third-order valence-corrected chi connectivity index (χ3v) is 5.32. The number of alkyl carbamates (subject to hydrolysis) is 1. The van der Waals surface area contributed by atoms with Gasteiger partial charge in [-0.2, -0.15) is 0 Å². The van der Waals surface area contributed by atoms with Crippen molar-refractivity contribution in [2.45, 2.75) is 70.9 Å². The van der Waals surface area contributed by atoms with Gasteiger partial charge in [-0.05, 0) is 83.1 Å². The second-order valence-corrected chi connectivity index (χ2v) is 9.11. The van der Waals surface area contributed by atoms with Crippen LogP contribution in [0.25, 0.3) is 0 Å². The highest BCUT2D eigenvalue weighted by Crippen LogP contribution is 2.28. The summed E-state index contributed by atoms with van der Waals surface area (Å²) >= 11 is 0. The fraction of sp³-hybridized carbons (Fsp3) is 0.625. The van der Waals surface area contributed by atoms with Crippen molar-refractivity contribution in [3.8, 4) is 5.75 Å². The number of ether oxygens (including phenoxy) is 3. The molecule has 0 bridgehead atoms. The molecule has 2 amide bonds. The highest BCUT2D eigenvalue weighted by Gasteiger charge is 2.23. The monoisotopic (exact) mass is 448 g/mol. The molecule has 1 aliphatic rings. The van der Waals surface area contributed by atoms with Crippen molar-refractivity contribution in [1.82, 2.24) is 10.6 Å². The number of rotatable bonds is 9. The van der Waals surface area contributed by atoms with Crippen LogP contribution in [0.5, 0.6) is 5.75 Å². The van der Waals surface area contributed by atoms with Crippen molar-refractivity contribution < 1.29 is 28.6 Å². The second-order valence-electron chi connectivity index (χ2n) is 9.11. The van der Waals surface area contributed by atoms with Crippen molar-refractivity contribution in [2.24, 2.45) is 5.92 Å². The molecule has 2 N–H and O–H groups in total. The van der Waals surface area contributed by atoms with Gasteiger partial charge in [0.25, 0.3) is 5.91 Å². The predicted octanol–water partition coefficient (Wildman–Crippen LogP) is 3.83. The van der Waals surface area contributed by atoms with Crippen LogP contribution in [0.2, 0.25) is 0 Å². The lowest BCUT2D eigenvalue weighted by Crippen LogP contribution is -2.37. The summed E-state index contributed by atoms with van der Waals surface area (Å²) in [6.07, 6.45) is 4.68. The van der Waals surface area contributed by atoms with Crippen molar-refractivity contribution in [3.63, 3.8) is 0 Å². The van der Waals surface area contributed by atoms with Gasteiger partial charge in [-0.15, -0.1) is 0 Å². The number of hydrogen-bond acceptors (Lipinski definition) is 6. The summed E-state index contributed by atoms with van der Waals surface area (Å²) in [5.74, 6) is 0.885. The van der Waals surface area contributed by atoms with E-state index in [1.165, 1.54) is 7.11 Å². The molecule has 178 valence electrons. The minimum absolute atomic E-state index is 0.0962. The summed E-state index contributed by atoms with van der Waals surface area (Å²) in [5, 5.41) is 5.73. The van der Waals surface area contributed by atoms with E-state index in [9.17, 15) is 14.4 Å². The molecule has 0 aromatic heterocycles. The smallest absolute Gasteiger partial charge is 0.407 e. The maximum Gasteiger partial charge on any atom is 0.407 e. The minimum Gasteiger partial charge on any atom is -0.492 e. The first-order chi connectivity index (χ1) is 15.2. The second kappa shape index (κ2) is 12.3. The molecule has 1 fully saturated rings. The predicted molar refractivity (Wildman–Crippen MR) is 121 cm³/mol. The minimum atomic E-state index is -0.537. The van der Waals surface area contributed by atoms with Crippen LogP contribution in [0.4, 0.5) is 4.79 Å². The topological polar surface area (TPSA) is 103 Å². The molecule has 0 saturated heterocycles. The third kappa shape index (κ3) is 9.58. The normalized spacial score (nSPS) is 18.4. The van der Waals surface area contributed by atoms with E-state index < -0.39 is 11.7 Å². The molecule has 0 radical (unpaired) electrons. The summed E-state index contributed by atoms with van der Waals surface area (Å²) < 4.78 is 15.5. The molecule has 0 unspecified atom stereocenters. The average molecular weight is 449 g/mol. The first-order valence-electron chi connectivity index (χ1n) is 11.2. The van der Waals surface area contributed by atoms with Gasteiger partial charge in [-0.25, -0.2) is 4.79 Å². The summed E-state index contributed by atoms with van der Waals surface area (Å²) in [5.41, 5.74) is 0.0441. The van der Waals surface area contributed by atoms with E-state index in [-0.39, 0.29) is 17.9 Å².